The van der Waals surface area contributed by atoms with E-state index in [1.165, 1.54) is 24.0 Å². The Bertz CT molecular complexity index is 372. The molecule has 0 bridgehead atoms. The molecule has 0 unspecified atom stereocenters. The van der Waals surface area contributed by atoms with Crippen LogP contribution in [0.4, 0.5) is 0 Å². The summed E-state index contributed by atoms with van der Waals surface area (Å²) >= 11 is 0. The molecule has 1 N–H and O–H groups in total. The lowest BCUT2D eigenvalue weighted by molar-refractivity contribution is 0.685. The van der Waals surface area contributed by atoms with Crippen molar-refractivity contribution in [2.45, 2.75) is 32.4 Å². The number of hydrogen-bond donors (Lipinski definition) is 1. The van der Waals surface area contributed by atoms with Gasteiger partial charge in [-0.15, -0.1) is 0 Å². The van der Waals surface area contributed by atoms with Gasteiger partial charge in [-0.3, -0.25) is 0 Å². The Labute approximate surface area is 84.6 Å². The van der Waals surface area contributed by atoms with Crippen molar-refractivity contribution in [2.24, 2.45) is 0 Å². The summed E-state index contributed by atoms with van der Waals surface area (Å²) < 4.78 is 0. The first-order chi connectivity index (χ1) is 6.79. The van der Waals surface area contributed by atoms with Crippen LogP contribution in [-0.4, -0.2) is 6.04 Å². The molecule has 0 aromatic heterocycles. The van der Waals surface area contributed by atoms with Crippen LogP contribution in [0.1, 0.15) is 29.5 Å². The van der Waals surface area contributed by atoms with Crippen LogP contribution in [0, 0.1) is 18.3 Å². The van der Waals surface area contributed by atoms with Crippen LogP contribution in [0.5, 0.6) is 0 Å². The predicted molar refractivity (Wildman–Crippen MR) is 55.8 cm³/mol. The Balaban J connectivity index is 2.05. The highest BCUT2D eigenvalue weighted by Gasteiger charge is 2.20. The van der Waals surface area contributed by atoms with Crippen molar-refractivity contribution in [3.05, 3.63) is 34.9 Å². The van der Waals surface area contributed by atoms with E-state index in [9.17, 15) is 0 Å². The molecular weight excluding hydrogens is 172 g/mol. The highest BCUT2D eigenvalue weighted by atomic mass is 14.9. The fraction of sp³-hybridized carbons (Fsp3) is 0.417. The van der Waals surface area contributed by atoms with Crippen LogP contribution < -0.4 is 5.32 Å². The SMILES string of the molecule is Cc1cc(C#N)ccc1CNC1CC1. The molecule has 0 spiro atoms. The summed E-state index contributed by atoms with van der Waals surface area (Å²) in [6.07, 6.45) is 2.63. The van der Waals surface area contributed by atoms with Gasteiger partial charge in [0.2, 0.25) is 0 Å². The van der Waals surface area contributed by atoms with Gasteiger partial charge in [-0.2, -0.15) is 5.26 Å². The van der Waals surface area contributed by atoms with E-state index < -0.39 is 0 Å². The van der Waals surface area contributed by atoms with Crippen molar-refractivity contribution < 1.29 is 0 Å². The molecule has 2 nitrogen and oxygen atoms in total. The van der Waals surface area contributed by atoms with Crippen LogP contribution >= 0.6 is 0 Å². The maximum atomic E-state index is 8.72. The fourth-order valence-corrected chi connectivity index (χ4v) is 1.51. The summed E-state index contributed by atoms with van der Waals surface area (Å²) in [5.74, 6) is 0. The number of nitrogens with one attached hydrogen (secondary N) is 1. The summed E-state index contributed by atoms with van der Waals surface area (Å²) in [5.41, 5.74) is 3.26. The van der Waals surface area contributed by atoms with Crippen molar-refractivity contribution in [3.63, 3.8) is 0 Å². The zero-order valence-electron chi connectivity index (χ0n) is 8.38. The van der Waals surface area contributed by atoms with E-state index in [-0.39, 0.29) is 0 Å². The molecule has 0 aliphatic heterocycles. The van der Waals surface area contributed by atoms with Gasteiger partial charge in [0.1, 0.15) is 0 Å². The Morgan fingerprint density at radius 3 is 2.86 bits per heavy atom. The van der Waals surface area contributed by atoms with E-state index in [2.05, 4.69) is 18.3 Å². The minimum atomic E-state index is 0.741. The molecule has 0 heterocycles. The summed E-state index contributed by atoms with van der Waals surface area (Å²) in [7, 11) is 0. The molecule has 0 saturated heterocycles. The zero-order valence-corrected chi connectivity index (χ0v) is 8.38. The van der Waals surface area contributed by atoms with E-state index >= 15 is 0 Å². The highest BCUT2D eigenvalue weighted by molar-refractivity contribution is 5.37. The van der Waals surface area contributed by atoms with Gasteiger partial charge < -0.3 is 5.32 Å². The van der Waals surface area contributed by atoms with E-state index in [4.69, 9.17) is 5.26 Å². The quantitative estimate of drug-likeness (QED) is 0.784. The molecule has 2 heteroatoms. The highest BCUT2D eigenvalue weighted by Crippen LogP contribution is 2.20. The van der Waals surface area contributed by atoms with Gasteiger partial charge in [-0.25, -0.2) is 0 Å². The first kappa shape index (κ1) is 9.23. The van der Waals surface area contributed by atoms with Gasteiger partial charge in [0.15, 0.2) is 0 Å². The van der Waals surface area contributed by atoms with Crippen molar-refractivity contribution in [2.75, 3.05) is 0 Å². The number of rotatable bonds is 3. The third-order valence-electron chi connectivity index (χ3n) is 2.63. The zero-order chi connectivity index (χ0) is 9.97. The first-order valence-corrected chi connectivity index (χ1v) is 5.02. The second-order valence-corrected chi connectivity index (χ2v) is 3.91. The van der Waals surface area contributed by atoms with E-state index in [0.29, 0.717) is 0 Å². The molecule has 1 aliphatic carbocycles. The van der Waals surface area contributed by atoms with Crippen LogP contribution in [0.25, 0.3) is 0 Å². The van der Waals surface area contributed by atoms with Gasteiger partial charge >= 0.3 is 0 Å². The molecule has 1 aromatic rings. The molecule has 0 atom stereocenters. The molecule has 14 heavy (non-hydrogen) atoms. The van der Waals surface area contributed by atoms with Crippen LogP contribution in [0.2, 0.25) is 0 Å². The average Bonchev–Trinajstić information content (AvgIpc) is 2.99. The molecular formula is C12H14N2. The molecule has 0 radical (unpaired) electrons. The average molecular weight is 186 g/mol. The van der Waals surface area contributed by atoms with E-state index in [1.54, 1.807) is 0 Å². The van der Waals surface area contributed by atoms with Crippen LogP contribution in [0.15, 0.2) is 18.2 Å². The second kappa shape index (κ2) is 3.81. The number of benzene rings is 1. The largest absolute Gasteiger partial charge is 0.310 e. The monoisotopic (exact) mass is 186 g/mol. The normalized spacial score (nSPS) is 15.1. The molecule has 1 fully saturated rings. The van der Waals surface area contributed by atoms with Crippen molar-refractivity contribution in [3.8, 4) is 6.07 Å². The Hall–Kier alpha value is -1.33. The topological polar surface area (TPSA) is 35.8 Å². The number of nitriles is 1. The van der Waals surface area contributed by atoms with Crippen LogP contribution in [0.3, 0.4) is 0 Å². The van der Waals surface area contributed by atoms with Crippen LogP contribution in [-0.2, 0) is 6.54 Å². The molecule has 2 rings (SSSR count). The smallest absolute Gasteiger partial charge is 0.0991 e. The lowest BCUT2D eigenvalue weighted by Gasteiger charge is -2.06. The summed E-state index contributed by atoms with van der Waals surface area (Å²) in [5, 5.41) is 12.2. The number of aryl methyl sites for hydroxylation is 1. The predicted octanol–water partition coefficient (Wildman–Crippen LogP) is 2.12. The summed E-state index contributed by atoms with van der Waals surface area (Å²) in [6, 6.07) is 8.77. The van der Waals surface area contributed by atoms with Crippen molar-refractivity contribution >= 4 is 0 Å². The Morgan fingerprint density at radius 1 is 1.50 bits per heavy atom. The maximum absolute atomic E-state index is 8.72. The standard InChI is InChI=1S/C12H14N2/c1-9-6-10(7-13)2-3-11(9)8-14-12-4-5-12/h2-3,6,12,14H,4-5,8H2,1H3. The van der Waals surface area contributed by atoms with Gasteiger partial charge in [0.05, 0.1) is 11.6 Å². The molecule has 0 amide bonds. The van der Waals surface area contributed by atoms with E-state index in [1.807, 2.05) is 18.2 Å². The lowest BCUT2D eigenvalue weighted by atomic mass is 10.1. The summed E-state index contributed by atoms with van der Waals surface area (Å²) in [4.78, 5) is 0. The van der Waals surface area contributed by atoms with Crippen molar-refractivity contribution in [1.29, 1.82) is 5.26 Å². The molecule has 72 valence electrons. The Kier molecular flexibility index (Phi) is 2.51. The lowest BCUT2D eigenvalue weighted by Crippen LogP contribution is -2.15. The third kappa shape index (κ3) is 2.12. The van der Waals surface area contributed by atoms with Gasteiger partial charge in [-0.05, 0) is 43.0 Å². The fourth-order valence-electron chi connectivity index (χ4n) is 1.51. The maximum Gasteiger partial charge on any atom is 0.0991 e. The van der Waals surface area contributed by atoms with Crippen molar-refractivity contribution in [1.82, 2.24) is 5.32 Å². The third-order valence-corrected chi connectivity index (χ3v) is 2.63. The van der Waals surface area contributed by atoms with Gasteiger partial charge in [0.25, 0.3) is 0 Å². The van der Waals surface area contributed by atoms with Gasteiger partial charge in [0, 0.05) is 12.6 Å². The Morgan fingerprint density at radius 2 is 2.29 bits per heavy atom. The molecule has 1 saturated carbocycles. The second-order valence-electron chi connectivity index (χ2n) is 3.91. The van der Waals surface area contributed by atoms with E-state index in [0.717, 1.165) is 18.2 Å². The molecule has 1 aliphatic rings. The number of hydrogen-bond acceptors (Lipinski definition) is 2. The van der Waals surface area contributed by atoms with Gasteiger partial charge in [-0.1, -0.05) is 6.07 Å². The molecule has 1 aromatic carbocycles. The first-order valence-electron chi connectivity index (χ1n) is 5.02. The number of nitrogens with zero attached hydrogens (tertiary/aromatic N) is 1. The minimum Gasteiger partial charge on any atom is -0.310 e. The minimum absolute atomic E-state index is 0.741. The summed E-state index contributed by atoms with van der Waals surface area (Å²) in [6.45, 7) is 2.99.